The fourth-order valence-corrected chi connectivity index (χ4v) is 2.50. The molecular weight excluding hydrogens is 308 g/mol. The lowest BCUT2D eigenvalue weighted by atomic mass is 10.0. The molecule has 2 nitrogen and oxygen atoms in total. The molecule has 0 aliphatic heterocycles. The van der Waals surface area contributed by atoms with Crippen LogP contribution in [-0.4, -0.2) is 12.1 Å². The first-order chi connectivity index (χ1) is 11.8. The monoisotopic (exact) mass is 344 g/mol. The van der Waals surface area contributed by atoms with E-state index in [0.29, 0.717) is 6.42 Å². The molecule has 0 aromatic rings. The third kappa shape index (κ3) is 15.6. The van der Waals surface area contributed by atoms with Gasteiger partial charge in [-0.25, -0.2) is 0 Å². The zero-order chi connectivity index (χ0) is 19.1. The molecule has 0 aromatic carbocycles. The molecule has 0 radical (unpaired) electrons. The molecule has 0 bridgehead atoms. The van der Waals surface area contributed by atoms with Gasteiger partial charge in [0.15, 0.2) is 0 Å². The van der Waals surface area contributed by atoms with E-state index in [2.05, 4.69) is 39.0 Å². The average molecular weight is 345 g/mol. The second kappa shape index (κ2) is 14.6. The van der Waals surface area contributed by atoms with Crippen molar-refractivity contribution in [3.8, 4) is 0 Å². The van der Waals surface area contributed by atoms with Gasteiger partial charge in [0.05, 0.1) is 0 Å². The standard InChI is InChI=1S/C23H36O2/c1-19(11-7-13-21(3)15-9-17-23(5)25)10-6-12-20(2)14-8-16-22(4)18-24/h11-12,15-16,18H,6-10,13-14,17H2,1-5H3/b19-11+,20-12+,21-15+,22-16+. The predicted molar refractivity (Wildman–Crippen MR) is 109 cm³/mol. The van der Waals surface area contributed by atoms with Gasteiger partial charge in [-0.3, -0.25) is 4.79 Å². The van der Waals surface area contributed by atoms with Crippen molar-refractivity contribution in [1.29, 1.82) is 0 Å². The fourth-order valence-electron chi connectivity index (χ4n) is 2.50. The van der Waals surface area contributed by atoms with Gasteiger partial charge in [-0.15, -0.1) is 0 Å². The highest BCUT2D eigenvalue weighted by atomic mass is 16.1. The molecule has 0 aliphatic carbocycles. The summed E-state index contributed by atoms with van der Waals surface area (Å²) in [4.78, 5) is 21.4. The Balaban J connectivity index is 4.02. The lowest BCUT2D eigenvalue weighted by Gasteiger charge is -2.02. The smallest absolute Gasteiger partial charge is 0.145 e. The van der Waals surface area contributed by atoms with Crippen LogP contribution in [0.1, 0.15) is 86.0 Å². The number of aldehydes is 1. The van der Waals surface area contributed by atoms with Crippen molar-refractivity contribution in [3.05, 3.63) is 46.6 Å². The molecule has 0 amide bonds. The van der Waals surface area contributed by atoms with Crippen molar-refractivity contribution >= 4 is 12.1 Å². The maximum absolute atomic E-state index is 10.9. The van der Waals surface area contributed by atoms with Gasteiger partial charge in [-0.2, -0.15) is 0 Å². The van der Waals surface area contributed by atoms with Crippen LogP contribution in [0, 0.1) is 0 Å². The van der Waals surface area contributed by atoms with Gasteiger partial charge in [0.1, 0.15) is 12.1 Å². The Morgan fingerprint density at radius 3 is 1.32 bits per heavy atom. The third-order valence-electron chi connectivity index (χ3n) is 4.24. The summed E-state index contributed by atoms with van der Waals surface area (Å²) in [6.07, 6.45) is 17.6. The van der Waals surface area contributed by atoms with Crippen LogP contribution in [0.3, 0.4) is 0 Å². The van der Waals surface area contributed by atoms with Gasteiger partial charge in [-0.1, -0.05) is 41.0 Å². The third-order valence-corrected chi connectivity index (χ3v) is 4.24. The van der Waals surface area contributed by atoms with E-state index in [-0.39, 0.29) is 5.78 Å². The number of Topliss-reactive ketones (excluding diaryl/α,β-unsaturated/α-hetero) is 1. The molecule has 0 atom stereocenters. The average Bonchev–Trinajstić information content (AvgIpc) is 2.54. The number of hydrogen-bond acceptors (Lipinski definition) is 2. The molecule has 0 saturated carbocycles. The van der Waals surface area contributed by atoms with Crippen LogP contribution < -0.4 is 0 Å². The number of carbonyl (C=O) groups excluding carboxylic acids is 2. The molecular formula is C23H36O2. The van der Waals surface area contributed by atoms with E-state index in [1.807, 2.05) is 13.0 Å². The molecule has 0 saturated heterocycles. The van der Waals surface area contributed by atoms with Crippen LogP contribution in [0.5, 0.6) is 0 Å². The summed E-state index contributed by atoms with van der Waals surface area (Å²) in [6.45, 7) is 10.0. The van der Waals surface area contributed by atoms with Crippen molar-refractivity contribution in [2.75, 3.05) is 0 Å². The maximum atomic E-state index is 10.9. The fraction of sp³-hybridized carbons (Fsp3) is 0.565. The Kier molecular flexibility index (Phi) is 13.6. The zero-order valence-electron chi connectivity index (χ0n) is 16.9. The van der Waals surface area contributed by atoms with E-state index in [1.54, 1.807) is 6.92 Å². The zero-order valence-corrected chi connectivity index (χ0v) is 16.9. The number of ketones is 1. The summed E-state index contributed by atoms with van der Waals surface area (Å²) in [5.74, 6) is 0.262. The molecule has 0 fully saturated rings. The summed E-state index contributed by atoms with van der Waals surface area (Å²) in [5, 5.41) is 0. The van der Waals surface area contributed by atoms with Crippen molar-refractivity contribution in [2.24, 2.45) is 0 Å². The van der Waals surface area contributed by atoms with Gasteiger partial charge < -0.3 is 4.79 Å². The number of rotatable bonds is 13. The Morgan fingerprint density at radius 1 is 0.600 bits per heavy atom. The minimum Gasteiger partial charge on any atom is -0.300 e. The minimum atomic E-state index is 0.262. The molecule has 0 spiro atoms. The van der Waals surface area contributed by atoms with E-state index in [1.165, 1.54) is 16.7 Å². The van der Waals surface area contributed by atoms with E-state index in [4.69, 9.17) is 0 Å². The lowest BCUT2D eigenvalue weighted by molar-refractivity contribution is -0.116. The Hall–Kier alpha value is -1.70. The molecule has 0 aromatic heterocycles. The minimum absolute atomic E-state index is 0.262. The lowest BCUT2D eigenvalue weighted by Crippen LogP contribution is -1.87. The summed E-state index contributed by atoms with van der Waals surface area (Å²) >= 11 is 0. The van der Waals surface area contributed by atoms with E-state index < -0.39 is 0 Å². The molecule has 0 unspecified atom stereocenters. The molecule has 140 valence electrons. The normalized spacial score (nSPS) is 14.0. The highest BCUT2D eigenvalue weighted by Crippen LogP contribution is 2.13. The second-order valence-corrected chi connectivity index (χ2v) is 7.07. The van der Waals surface area contributed by atoms with E-state index in [0.717, 1.165) is 56.8 Å². The number of hydrogen-bond donors (Lipinski definition) is 0. The quantitative estimate of drug-likeness (QED) is 0.212. The SMILES string of the molecule is CC(=O)CC/C=C(\C)CC/C=C(\C)CC/C=C(\C)CC/C=C(\C)C=O. The van der Waals surface area contributed by atoms with Gasteiger partial charge >= 0.3 is 0 Å². The summed E-state index contributed by atoms with van der Waals surface area (Å²) in [7, 11) is 0. The second-order valence-electron chi connectivity index (χ2n) is 7.07. The summed E-state index contributed by atoms with van der Waals surface area (Å²) < 4.78 is 0. The van der Waals surface area contributed by atoms with Crippen LogP contribution in [0.25, 0.3) is 0 Å². The highest BCUT2D eigenvalue weighted by Gasteiger charge is 1.95. The van der Waals surface area contributed by atoms with Gasteiger partial charge in [0, 0.05) is 6.42 Å². The van der Waals surface area contributed by atoms with Crippen molar-refractivity contribution in [1.82, 2.24) is 0 Å². The number of allylic oxidation sites excluding steroid dienone is 8. The molecule has 25 heavy (non-hydrogen) atoms. The van der Waals surface area contributed by atoms with Crippen LogP contribution in [0.2, 0.25) is 0 Å². The molecule has 2 heteroatoms. The topological polar surface area (TPSA) is 34.1 Å². The first-order valence-corrected chi connectivity index (χ1v) is 9.43. The van der Waals surface area contributed by atoms with Crippen LogP contribution >= 0.6 is 0 Å². The van der Waals surface area contributed by atoms with Crippen molar-refractivity contribution in [3.63, 3.8) is 0 Å². The predicted octanol–water partition coefficient (Wildman–Crippen LogP) is 6.68. The van der Waals surface area contributed by atoms with Crippen LogP contribution in [0.4, 0.5) is 0 Å². The van der Waals surface area contributed by atoms with Crippen molar-refractivity contribution < 1.29 is 9.59 Å². The Labute approximate surface area is 154 Å². The largest absolute Gasteiger partial charge is 0.300 e. The summed E-state index contributed by atoms with van der Waals surface area (Å²) in [5.41, 5.74) is 5.03. The molecule has 0 rings (SSSR count). The summed E-state index contributed by atoms with van der Waals surface area (Å²) in [6, 6.07) is 0. The maximum Gasteiger partial charge on any atom is 0.145 e. The van der Waals surface area contributed by atoms with E-state index in [9.17, 15) is 9.59 Å². The Morgan fingerprint density at radius 2 is 0.960 bits per heavy atom. The van der Waals surface area contributed by atoms with Crippen molar-refractivity contribution in [2.45, 2.75) is 86.0 Å². The first-order valence-electron chi connectivity index (χ1n) is 9.43. The first kappa shape index (κ1) is 23.3. The molecule has 0 heterocycles. The highest BCUT2D eigenvalue weighted by molar-refractivity contribution is 5.75. The Bertz CT molecular complexity index is 530. The molecule has 0 aliphatic rings. The molecule has 0 N–H and O–H groups in total. The van der Waals surface area contributed by atoms with Crippen LogP contribution in [0.15, 0.2) is 46.6 Å². The van der Waals surface area contributed by atoms with E-state index >= 15 is 0 Å². The van der Waals surface area contributed by atoms with Gasteiger partial charge in [0.25, 0.3) is 0 Å². The van der Waals surface area contributed by atoms with Gasteiger partial charge in [-0.05, 0) is 85.1 Å². The van der Waals surface area contributed by atoms with Crippen LogP contribution in [-0.2, 0) is 9.59 Å². The van der Waals surface area contributed by atoms with Gasteiger partial charge in [0.2, 0.25) is 0 Å². The number of carbonyl (C=O) groups is 2.